The van der Waals surface area contributed by atoms with Gasteiger partial charge in [-0.1, -0.05) is 0 Å². The first-order valence-corrected chi connectivity index (χ1v) is 5.87. The molecule has 0 atom stereocenters. The maximum Gasteiger partial charge on any atom is 0.312 e. The van der Waals surface area contributed by atoms with Crippen molar-refractivity contribution in [1.29, 1.82) is 0 Å². The molecule has 0 radical (unpaired) electrons. The Morgan fingerprint density at radius 3 is 2.53 bits per heavy atom. The zero-order valence-corrected chi connectivity index (χ0v) is 10.7. The fourth-order valence-electron chi connectivity index (χ4n) is 1.47. The summed E-state index contributed by atoms with van der Waals surface area (Å²) in [4.78, 5) is 22.3. The van der Waals surface area contributed by atoms with Gasteiger partial charge in [0, 0.05) is 30.4 Å². The highest BCUT2D eigenvalue weighted by atomic mass is 16.5. The number of nitrogens with two attached hydrogens (primary N) is 2. The van der Waals surface area contributed by atoms with Crippen LogP contribution in [0.3, 0.4) is 0 Å². The quantitative estimate of drug-likeness (QED) is 0.430. The third-order valence-corrected chi connectivity index (χ3v) is 2.21. The van der Waals surface area contributed by atoms with Crippen molar-refractivity contribution in [3.63, 3.8) is 0 Å². The van der Waals surface area contributed by atoms with Crippen LogP contribution >= 0.6 is 0 Å². The van der Waals surface area contributed by atoms with Gasteiger partial charge >= 0.3 is 6.03 Å². The number of carbonyl (C=O) groups excluding carboxylic acids is 2. The molecule has 0 saturated heterocycles. The first kappa shape index (κ1) is 14.6. The molecule has 1 rings (SSSR count). The van der Waals surface area contributed by atoms with Crippen LogP contribution < -0.4 is 26.8 Å². The van der Waals surface area contributed by atoms with Crippen molar-refractivity contribution >= 4 is 17.6 Å². The molecule has 7 heteroatoms. The van der Waals surface area contributed by atoms with E-state index in [0.29, 0.717) is 23.6 Å². The number of nitrogens with one attached hydrogen (secondary N) is 2. The van der Waals surface area contributed by atoms with Crippen LogP contribution in [0.25, 0.3) is 0 Å². The summed E-state index contributed by atoms with van der Waals surface area (Å²) in [5.74, 6) is 0.252. The van der Waals surface area contributed by atoms with Crippen molar-refractivity contribution in [3.05, 3.63) is 23.8 Å². The smallest absolute Gasteiger partial charge is 0.312 e. The zero-order valence-electron chi connectivity index (χ0n) is 10.7. The number of benzene rings is 1. The van der Waals surface area contributed by atoms with Crippen LogP contribution in [0, 0.1) is 0 Å². The molecule has 0 bridgehead atoms. The molecule has 0 aliphatic rings. The lowest BCUT2D eigenvalue weighted by Crippen LogP contribution is -2.37. The lowest BCUT2D eigenvalue weighted by Gasteiger charge is -2.09. The molecule has 0 aliphatic carbocycles. The molecule has 0 spiro atoms. The third-order valence-electron chi connectivity index (χ3n) is 2.21. The standard InChI is InChI=1S/C12H18N4O3/c1-2-19-10-6-8(5-9(13)7-10)11(17)15-3-4-16-12(14)18/h5-7H,2-4,13H2,1H3,(H,15,17)(H3,14,16,18). The molecule has 0 unspecified atom stereocenters. The van der Waals surface area contributed by atoms with Crippen LogP contribution in [-0.4, -0.2) is 31.6 Å². The van der Waals surface area contributed by atoms with Crippen LogP contribution in [0.5, 0.6) is 5.75 Å². The molecule has 1 aromatic carbocycles. The van der Waals surface area contributed by atoms with Crippen LogP contribution in [0.1, 0.15) is 17.3 Å². The molecule has 6 N–H and O–H groups in total. The molecule has 0 aliphatic heterocycles. The minimum atomic E-state index is -0.628. The minimum Gasteiger partial charge on any atom is -0.494 e. The van der Waals surface area contributed by atoms with Gasteiger partial charge in [-0.2, -0.15) is 0 Å². The molecule has 0 saturated carbocycles. The normalized spacial score (nSPS) is 9.74. The monoisotopic (exact) mass is 266 g/mol. The molecule has 19 heavy (non-hydrogen) atoms. The number of anilines is 1. The van der Waals surface area contributed by atoms with E-state index in [9.17, 15) is 9.59 Å². The Hall–Kier alpha value is -2.44. The summed E-state index contributed by atoms with van der Waals surface area (Å²) >= 11 is 0. The number of urea groups is 1. The van der Waals surface area contributed by atoms with Crippen LogP contribution in [0.15, 0.2) is 18.2 Å². The highest BCUT2D eigenvalue weighted by molar-refractivity contribution is 5.95. The average molecular weight is 266 g/mol. The number of hydrogen-bond donors (Lipinski definition) is 4. The van der Waals surface area contributed by atoms with E-state index in [4.69, 9.17) is 16.2 Å². The maximum atomic E-state index is 11.8. The molecule has 104 valence electrons. The van der Waals surface area contributed by atoms with E-state index in [0.717, 1.165) is 0 Å². The van der Waals surface area contributed by atoms with Gasteiger partial charge in [0.15, 0.2) is 0 Å². The van der Waals surface area contributed by atoms with Gasteiger partial charge in [0.25, 0.3) is 5.91 Å². The lowest BCUT2D eigenvalue weighted by atomic mass is 10.1. The Kier molecular flexibility index (Phi) is 5.46. The maximum absolute atomic E-state index is 11.8. The number of rotatable bonds is 6. The first-order valence-electron chi connectivity index (χ1n) is 5.87. The van der Waals surface area contributed by atoms with E-state index < -0.39 is 6.03 Å². The topological polar surface area (TPSA) is 119 Å². The summed E-state index contributed by atoms with van der Waals surface area (Å²) in [5, 5.41) is 5.00. The summed E-state index contributed by atoms with van der Waals surface area (Å²) < 4.78 is 5.30. The van der Waals surface area contributed by atoms with E-state index in [2.05, 4.69) is 10.6 Å². The fourth-order valence-corrected chi connectivity index (χ4v) is 1.47. The van der Waals surface area contributed by atoms with Crippen molar-refractivity contribution in [1.82, 2.24) is 10.6 Å². The highest BCUT2D eigenvalue weighted by Crippen LogP contribution is 2.18. The van der Waals surface area contributed by atoms with E-state index in [1.807, 2.05) is 6.92 Å². The average Bonchev–Trinajstić information content (AvgIpc) is 2.34. The second-order valence-corrected chi connectivity index (χ2v) is 3.77. The van der Waals surface area contributed by atoms with Gasteiger partial charge < -0.3 is 26.8 Å². The largest absolute Gasteiger partial charge is 0.494 e. The van der Waals surface area contributed by atoms with Gasteiger partial charge in [-0.3, -0.25) is 4.79 Å². The molecule has 1 aromatic rings. The van der Waals surface area contributed by atoms with Crippen molar-refractivity contribution < 1.29 is 14.3 Å². The van der Waals surface area contributed by atoms with Gasteiger partial charge in [-0.05, 0) is 19.1 Å². The second-order valence-electron chi connectivity index (χ2n) is 3.77. The summed E-state index contributed by atoms with van der Waals surface area (Å²) in [5.41, 5.74) is 11.4. The molecule has 0 aromatic heterocycles. The molecular weight excluding hydrogens is 248 g/mol. The van der Waals surface area contributed by atoms with E-state index in [1.54, 1.807) is 18.2 Å². The number of ether oxygens (including phenoxy) is 1. The fraction of sp³-hybridized carbons (Fsp3) is 0.333. The van der Waals surface area contributed by atoms with Gasteiger partial charge in [0.2, 0.25) is 0 Å². The minimum absolute atomic E-state index is 0.266. The van der Waals surface area contributed by atoms with Crippen LogP contribution in [-0.2, 0) is 0 Å². The summed E-state index contributed by atoms with van der Waals surface area (Å²) in [6.45, 7) is 2.88. The Morgan fingerprint density at radius 2 is 1.89 bits per heavy atom. The third kappa shape index (κ3) is 5.15. The number of amides is 3. The SMILES string of the molecule is CCOc1cc(N)cc(C(=O)NCCNC(N)=O)c1. The van der Waals surface area contributed by atoms with E-state index in [1.165, 1.54) is 0 Å². The highest BCUT2D eigenvalue weighted by Gasteiger charge is 2.08. The van der Waals surface area contributed by atoms with Crippen molar-refractivity contribution in [2.24, 2.45) is 5.73 Å². The first-order chi connectivity index (χ1) is 9.02. The van der Waals surface area contributed by atoms with Gasteiger partial charge in [-0.25, -0.2) is 4.79 Å². The van der Waals surface area contributed by atoms with Gasteiger partial charge in [0.1, 0.15) is 5.75 Å². The Labute approximate surface area is 111 Å². The number of primary amides is 1. The van der Waals surface area contributed by atoms with Crippen molar-refractivity contribution in [2.45, 2.75) is 6.92 Å². The second kappa shape index (κ2) is 7.10. The zero-order chi connectivity index (χ0) is 14.3. The summed E-state index contributed by atoms with van der Waals surface area (Å²) in [6.07, 6.45) is 0. The van der Waals surface area contributed by atoms with Crippen LogP contribution in [0.4, 0.5) is 10.5 Å². The van der Waals surface area contributed by atoms with Gasteiger partial charge in [-0.15, -0.1) is 0 Å². The molecule has 7 nitrogen and oxygen atoms in total. The number of carbonyl (C=O) groups is 2. The van der Waals surface area contributed by atoms with Crippen LogP contribution in [0.2, 0.25) is 0 Å². The summed E-state index contributed by atoms with van der Waals surface area (Å²) in [6, 6.07) is 4.18. The van der Waals surface area contributed by atoms with Crippen molar-refractivity contribution in [2.75, 3.05) is 25.4 Å². The lowest BCUT2D eigenvalue weighted by molar-refractivity contribution is 0.0953. The molecule has 0 heterocycles. The Balaban J connectivity index is 2.58. The Morgan fingerprint density at radius 1 is 1.21 bits per heavy atom. The van der Waals surface area contributed by atoms with E-state index in [-0.39, 0.29) is 19.0 Å². The predicted octanol–water partition coefficient (Wildman–Crippen LogP) is 0.0656. The van der Waals surface area contributed by atoms with Crippen molar-refractivity contribution in [3.8, 4) is 5.75 Å². The molecular formula is C12H18N4O3. The Bertz CT molecular complexity index is 462. The molecule has 3 amide bonds. The predicted molar refractivity (Wildman–Crippen MR) is 71.9 cm³/mol. The van der Waals surface area contributed by atoms with E-state index >= 15 is 0 Å². The number of hydrogen-bond acceptors (Lipinski definition) is 4. The molecule has 0 fully saturated rings. The number of nitrogen functional groups attached to an aromatic ring is 1. The van der Waals surface area contributed by atoms with Gasteiger partial charge in [0.05, 0.1) is 6.61 Å². The summed E-state index contributed by atoms with van der Waals surface area (Å²) in [7, 11) is 0.